The molecule has 1 fully saturated rings. The SMILES string of the molecule is CC1(C)OCC(Cn2cnc3ncnc(N=C(N)N)c32)O1. The third-order valence-corrected chi connectivity index (χ3v) is 3.09. The Kier molecular flexibility index (Phi) is 3.22. The Hall–Kier alpha value is -2.26. The van der Waals surface area contributed by atoms with Gasteiger partial charge in [0.15, 0.2) is 23.2 Å². The number of nitrogens with two attached hydrogens (primary N) is 2. The Bertz CT molecular complexity index is 690. The molecular weight excluding hydrogens is 274 g/mol. The summed E-state index contributed by atoms with van der Waals surface area (Å²) in [5, 5.41) is 0. The molecule has 0 bridgehead atoms. The average molecular weight is 291 g/mol. The van der Waals surface area contributed by atoms with Crippen LogP contribution in [-0.2, 0) is 16.0 Å². The maximum Gasteiger partial charge on any atom is 0.192 e. The fourth-order valence-corrected chi connectivity index (χ4v) is 2.31. The summed E-state index contributed by atoms with van der Waals surface area (Å²) in [6.07, 6.45) is 2.96. The third-order valence-electron chi connectivity index (χ3n) is 3.09. The van der Waals surface area contributed by atoms with Gasteiger partial charge in [-0.1, -0.05) is 0 Å². The topological polar surface area (TPSA) is 126 Å². The molecule has 0 saturated carbocycles. The maximum absolute atomic E-state index is 5.80. The maximum atomic E-state index is 5.80. The molecule has 0 spiro atoms. The monoisotopic (exact) mass is 291 g/mol. The van der Waals surface area contributed by atoms with E-state index in [-0.39, 0.29) is 12.1 Å². The second kappa shape index (κ2) is 4.93. The Morgan fingerprint density at radius 3 is 2.90 bits per heavy atom. The molecule has 0 aromatic carbocycles. The molecule has 1 saturated heterocycles. The molecule has 112 valence electrons. The van der Waals surface area contributed by atoms with E-state index in [2.05, 4.69) is 19.9 Å². The van der Waals surface area contributed by atoms with E-state index in [4.69, 9.17) is 20.9 Å². The molecule has 1 atom stereocenters. The molecular formula is C12H17N7O2. The Labute approximate surface area is 121 Å². The zero-order valence-corrected chi connectivity index (χ0v) is 11.9. The van der Waals surface area contributed by atoms with Crippen LogP contribution >= 0.6 is 0 Å². The van der Waals surface area contributed by atoms with Gasteiger partial charge in [0.1, 0.15) is 17.9 Å². The van der Waals surface area contributed by atoms with Gasteiger partial charge in [0.25, 0.3) is 0 Å². The minimum atomic E-state index is -0.569. The Balaban J connectivity index is 1.94. The van der Waals surface area contributed by atoms with Crippen molar-refractivity contribution >= 4 is 22.9 Å². The van der Waals surface area contributed by atoms with E-state index in [1.54, 1.807) is 6.33 Å². The normalized spacial score (nSPS) is 20.8. The lowest BCUT2D eigenvalue weighted by Crippen LogP contribution is -2.24. The van der Waals surface area contributed by atoms with Crippen molar-refractivity contribution in [1.29, 1.82) is 0 Å². The first kappa shape index (κ1) is 13.7. The van der Waals surface area contributed by atoms with Crippen molar-refractivity contribution in [3.8, 4) is 0 Å². The smallest absolute Gasteiger partial charge is 0.192 e. The second-order valence-corrected chi connectivity index (χ2v) is 5.25. The number of hydrogen-bond donors (Lipinski definition) is 2. The lowest BCUT2D eigenvalue weighted by molar-refractivity contribution is -0.139. The molecule has 1 aliphatic rings. The van der Waals surface area contributed by atoms with Crippen LogP contribution in [0.25, 0.3) is 11.2 Å². The van der Waals surface area contributed by atoms with Crippen LogP contribution in [0.5, 0.6) is 0 Å². The predicted molar refractivity (Wildman–Crippen MR) is 75.7 cm³/mol. The molecule has 0 amide bonds. The first-order chi connectivity index (χ1) is 9.94. The fourth-order valence-electron chi connectivity index (χ4n) is 2.31. The number of hydrogen-bond acceptors (Lipinski definition) is 6. The van der Waals surface area contributed by atoms with Crippen LogP contribution < -0.4 is 11.5 Å². The summed E-state index contributed by atoms with van der Waals surface area (Å²) >= 11 is 0. The van der Waals surface area contributed by atoms with E-state index in [1.807, 2.05) is 18.4 Å². The Morgan fingerprint density at radius 2 is 2.24 bits per heavy atom. The first-order valence-electron chi connectivity index (χ1n) is 6.52. The minimum Gasteiger partial charge on any atom is -0.370 e. The summed E-state index contributed by atoms with van der Waals surface area (Å²) in [5.74, 6) is -0.250. The summed E-state index contributed by atoms with van der Waals surface area (Å²) in [6, 6.07) is 0. The molecule has 2 aromatic heterocycles. The van der Waals surface area contributed by atoms with Crippen molar-refractivity contribution in [3.63, 3.8) is 0 Å². The van der Waals surface area contributed by atoms with Crippen molar-refractivity contribution in [2.45, 2.75) is 32.3 Å². The highest BCUT2D eigenvalue weighted by Gasteiger charge is 2.33. The summed E-state index contributed by atoms with van der Waals surface area (Å²) in [4.78, 5) is 16.4. The summed E-state index contributed by atoms with van der Waals surface area (Å²) in [6.45, 7) is 4.83. The zero-order valence-electron chi connectivity index (χ0n) is 11.9. The van der Waals surface area contributed by atoms with Gasteiger partial charge in [0, 0.05) is 0 Å². The van der Waals surface area contributed by atoms with E-state index in [1.165, 1.54) is 6.33 Å². The molecule has 3 heterocycles. The molecule has 3 rings (SSSR count). The van der Waals surface area contributed by atoms with Gasteiger partial charge in [-0.15, -0.1) is 0 Å². The number of aliphatic imine (C=N–C) groups is 1. The number of aromatic nitrogens is 4. The molecule has 9 heteroatoms. The van der Waals surface area contributed by atoms with E-state index >= 15 is 0 Å². The standard InChI is InChI=1S/C12H17N7O2/c1-12(2)20-4-7(21-12)3-19-6-17-9-8(19)10(16-5-15-9)18-11(13)14/h5-7H,3-4H2,1-2H3,(H4,13,14,15,16,18). The van der Waals surface area contributed by atoms with Crippen molar-refractivity contribution in [2.24, 2.45) is 16.5 Å². The molecule has 2 aromatic rings. The van der Waals surface area contributed by atoms with Crippen LogP contribution in [0.1, 0.15) is 13.8 Å². The van der Waals surface area contributed by atoms with Crippen LogP contribution in [-0.4, -0.2) is 44.0 Å². The van der Waals surface area contributed by atoms with Gasteiger partial charge in [0.05, 0.1) is 19.5 Å². The summed E-state index contributed by atoms with van der Waals surface area (Å²) in [7, 11) is 0. The van der Waals surface area contributed by atoms with Gasteiger partial charge < -0.3 is 25.5 Å². The number of ether oxygens (including phenoxy) is 2. The Morgan fingerprint density at radius 1 is 1.43 bits per heavy atom. The van der Waals surface area contributed by atoms with Crippen LogP contribution in [0.4, 0.5) is 5.82 Å². The molecule has 21 heavy (non-hydrogen) atoms. The zero-order chi connectivity index (χ0) is 15.0. The number of imidazole rings is 1. The molecule has 1 unspecified atom stereocenters. The largest absolute Gasteiger partial charge is 0.370 e. The second-order valence-electron chi connectivity index (χ2n) is 5.25. The van der Waals surface area contributed by atoms with E-state index in [9.17, 15) is 0 Å². The highest BCUT2D eigenvalue weighted by Crippen LogP contribution is 2.26. The van der Waals surface area contributed by atoms with E-state index in [0.717, 1.165) is 0 Å². The number of rotatable bonds is 3. The lowest BCUT2D eigenvalue weighted by Gasteiger charge is -2.17. The quantitative estimate of drug-likeness (QED) is 0.596. The predicted octanol–water partition coefficient (Wildman–Crippen LogP) is -0.117. The van der Waals surface area contributed by atoms with Crippen molar-refractivity contribution in [3.05, 3.63) is 12.7 Å². The number of nitrogens with zero attached hydrogens (tertiary/aromatic N) is 5. The lowest BCUT2D eigenvalue weighted by atomic mass is 10.3. The first-order valence-corrected chi connectivity index (χ1v) is 6.52. The van der Waals surface area contributed by atoms with Gasteiger partial charge in [0.2, 0.25) is 0 Å². The molecule has 0 radical (unpaired) electrons. The van der Waals surface area contributed by atoms with Gasteiger partial charge in [-0.05, 0) is 13.8 Å². The molecule has 1 aliphatic heterocycles. The van der Waals surface area contributed by atoms with E-state index < -0.39 is 5.79 Å². The average Bonchev–Trinajstić information content (AvgIpc) is 2.94. The van der Waals surface area contributed by atoms with E-state index in [0.29, 0.717) is 30.1 Å². The molecule has 4 N–H and O–H groups in total. The fraction of sp³-hybridized carbons (Fsp3) is 0.500. The van der Waals surface area contributed by atoms with Gasteiger partial charge in [-0.2, -0.15) is 4.99 Å². The van der Waals surface area contributed by atoms with Crippen molar-refractivity contribution in [2.75, 3.05) is 6.61 Å². The highest BCUT2D eigenvalue weighted by atomic mass is 16.7. The van der Waals surface area contributed by atoms with Crippen LogP contribution in [0.15, 0.2) is 17.6 Å². The van der Waals surface area contributed by atoms with Crippen molar-refractivity contribution < 1.29 is 9.47 Å². The summed E-state index contributed by atoms with van der Waals surface area (Å²) in [5.41, 5.74) is 12.0. The third kappa shape index (κ3) is 2.78. The number of guanidine groups is 1. The molecule has 9 nitrogen and oxygen atoms in total. The summed E-state index contributed by atoms with van der Waals surface area (Å²) < 4.78 is 13.2. The van der Waals surface area contributed by atoms with Crippen LogP contribution in [0.2, 0.25) is 0 Å². The van der Waals surface area contributed by atoms with Gasteiger partial charge in [-0.3, -0.25) is 0 Å². The van der Waals surface area contributed by atoms with Crippen LogP contribution in [0.3, 0.4) is 0 Å². The molecule has 0 aliphatic carbocycles. The number of fused-ring (bicyclic) bond motifs is 1. The van der Waals surface area contributed by atoms with Gasteiger partial charge >= 0.3 is 0 Å². The van der Waals surface area contributed by atoms with Crippen molar-refractivity contribution in [1.82, 2.24) is 19.5 Å². The van der Waals surface area contributed by atoms with Crippen LogP contribution in [0, 0.1) is 0 Å². The minimum absolute atomic E-state index is 0.0654. The van der Waals surface area contributed by atoms with Gasteiger partial charge in [-0.25, -0.2) is 15.0 Å². The highest BCUT2D eigenvalue weighted by molar-refractivity contribution is 5.87.